The molecule has 0 atom stereocenters. The summed E-state index contributed by atoms with van der Waals surface area (Å²) in [4.78, 5) is 29.0. The number of esters is 1. The van der Waals surface area contributed by atoms with Crippen molar-refractivity contribution in [1.29, 1.82) is 0 Å². The van der Waals surface area contributed by atoms with Gasteiger partial charge in [-0.15, -0.1) is 0 Å². The van der Waals surface area contributed by atoms with Crippen molar-refractivity contribution in [2.75, 3.05) is 25.0 Å². The van der Waals surface area contributed by atoms with Crippen molar-refractivity contribution in [3.8, 4) is 0 Å². The van der Waals surface area contributed by atoms with Crippen LogP contribution in [0.25, 0.3) is 0 Å². The average Bonchev–Trinajstić information content (AvgIpc) is 3.16. The van der Waals surface area contributed by atoms with Gasteiger partial charge >= 0.3 is 5.97 Å². The van der Waals surface area contributed by atoms with Crippen LogP contribution in [0, 0.1) is 12.8 Å². The summed E-state index contributed by atoms with van der Waals surface area (Å²) in [6.07, 6.45) is 3.73. The van der Waals surface area contributed by atoms with Crippen molar-refractivity contribution < 1.29 is 22.7 Å². The van der Waals surface area contributed by atoms with E-state index in [0.717, 1.165) is 29.7 Å². The van der Waals surface area contributed by atoms with Gasteiger partial charge in [-0.2, -0.15) is 4.31 Å². The number of hydrogen-bond acceptors (Lipinski definition) is 6. The molecule has 0 spiro atoms. The Morgan fingerprint density at radius 1 is 1.15 bits per heavy atom. The molecule has 1 N–H and O–H groups in total. The van der Waals surface area contributed by atoms with Crippen molar-refractivity contribution >= 4 is 27.6 Å². The third kappa shape index (κ3) is 5.62. The van der Waals surface area contributed by atoms with Crippen molar-refractivity contribution in [2.45, 2.75) is 51.5 Å². The smallest absolute Gasteiger partial charge is 0.309 e. The van der Waals surface area contributed by atoms with Crippen LogP contribution in [0.3, 0.4) is 0 Å². The van der Waals surface area contributed by atoms with Crippen LogP contribution in [0.1, 0.15) is 43.6 Å². The molecule has 180 valence electrons. The number of nitrogens with one attached hydrogen (secondary N) is 1. The normalized spacial score (nSPS) is 15.4. The number of sulfonamides is 1. The van der Waals surface area contributed by atoms with Gasteiger partial charge in [-0.25, -0.2) is 13.4 Å². The largest absolute Gasteiger partial charge is 0.455 e. The second kappa shape index (κ2) is 10.5. The second-order valence-corrected chi connectivity index (χ2v) is 10.1. The predicted molar refractivity (Wildman–Crippen MR) is 124 cm³/mol. The zero-order chi connectivity index (χ0) is 24.2. The lowest BCUT2D eigenvalue weighted by atomic mass is 9.98. The summed E-state index contributed by atoms with van der Waals surface area (Å²) >= 11 is 0. The van der Waals surface area contributed by atoms with Crippen LogP contribution in [0.15, 0.2) is 29.4 Å². The molecule has 0 unspecified atom stereocenters. The van der Waals surface area contributed by atoms with Crippen molar-refractivity contribution in [2.24, 2.45) is 13.0 Å². The van der Waals surface area contributed by atoms with Crippen LogP contribution < -0.4 is 5.32 Å². The molecule has 1 aliphatic heterocycles. The zero-order valence-electron chi connectivity index (χ0n) is 19.6. The van der Waals surface area contributed by atoms with Crippen LogP contribution in [0.2, 0.25) is 0 Å². The lowest BCUT2D eigenvalue weighted by Gasteiger charge is -2.29. The summed E-state index contributed by atoms with van der Waals surface area (Å²) in [6, 6.07) is 5.90. The van der Waals surface area contributed by atoms with Crippen LogP contribution in [-0.2, 0) is 44.2 Å². The molecule has 2 aromatic rings. The number of piperidine rings is 1. The van der Waals surface area contributed by atoms with Gasteiger partial charge in [0, 0.05) is 32.0 Å². The number of anilines is 1. The van der Waals surface area contributed by atoms with Crippen LogP contribution in [0.4, 0.5) is 5.69 Å². The van der Waals surface area contributed by atoms with E-state index in [1.807, 2.05) is 32.0 Å². The van der Waals surface area contributed by atoms with Gasteiger partial charge in [0.1, 0.15) is 5.82 Å². The predicted octanol–water partition coefficient (Wildman–Crippen LogP) is 2.44. The average molecular weight is 477 g/mol. The Labute approximate surface area is 195 Å². The molecular weight excluding hydrogens is 444 g/mol. The van der Waals surface area contributed by atoms with E-state index in [9.17, 15) is 18.0 Å². The van der Waals surface area contributed by atoms with Crippen molar-refractivity contribution in [3.63, 3.8) is 0 Å². The van der Waals surface area contributed by atoms with E-state index in [2.05, 4.69) is 10.3 Å². The number of ether oxygens (including phenoxy) is 1. The quantitative estimate of drug-likeness (QED) is 0.586. The molecule has 10 heteroatoms. The third-order valence-electron chi connectivity index (χ3n) is 6.09. The number of rotatable bonds is 8. The van der Waals surface area contributed by atoms with E-state index in [1.165, 1.54) is 10.5 Å². The minimum atomic E-state index is -3.70. The zero-order valence-corrected chi connectivity index (χ0v) is 20.4. The molecule has 1 saturated heterocycles. The Kier molecular flexibility index (Phi) is 7.91. The maximum Gasteiger partial charge on any atom is 0.309 e. The van der Waals surface area contributed by atoms with E-state index < -0.39 is 21.9 Å². The summed E-state index contributed by atoms with van der Waals surface area (Å²) in [7, 11) is -1.96. The monoisotopic (exact) mass is 476 g/mol. The first-order valence-electron chi connectivity index (χ1n) is 11.2. The number of benzene rings is 1. The molecule has 1 aliphatic rings. The number of hydrogen-bond donors (Lipinski definition) is 1. The summed E-state index contributed by atoms with van der Waals surface area (Å²) in [5, 5.41) is 2.89. The van der Waals surface area contributed by atoms with Gasteiger partial charge in [-0.1, -0.05) is 32.0 Å². The van der Waals surface area contributed by atoms with E-state index in [1.54, 1.807) is 18.5 Å². The van der Waals surface area contributed by atoms with Crippen LogP contribution in [0.5, 0.6) is 0 Å². The molecule has 0 saturated carbocycles. The molecule has 1 aromatic heterocycles. The van der Waals surface area contributed by atoms with Gasteiger partial charge in [0.25, 0.3) is 15.9 Å². The number of para-hydroxylation sites is 1. The van der Waals surface area contributed by atoms with Gasteiger partial charge < -0.3 is 14.6 Å². The standard InChI is InChI=1S/C23H32N4O5S/c1-5-17-8-7-9-18(6-2)22(17)25-20(28)15-32-23(29)19-10-12-27(13-11-19)33(30,31)21-14-26(4)16(3)24-21/h7-9,14,19H,5-6,10-13,15H2,1-4H3,(H,25,28). The first kappa shape index (κ1) is 24.9. The molecule has 1 aromatic carbocycles. The van der Waals surface area contributed by atoms with E-state index in [0.29, 0.717) is 18.7 Å². The van der Waals surface area contributed by atoms with E-state index in [-0.39, 0.29) is 30.6 Å². The van der Waals surface area contributed by atoms with Crippen LogP contribution >= 0.6 is 0 Å². The Bertz CT molecular complexity index is 1080. The number of amides is 1. The molecule has 33 heavy (non-hydrogen) atoms. The molecule has 2 heterocycles. The SMILES string of the molecule is CCc1cccc(CC)c1NC(=O)COC(=O)C1CCN(S(=O)(=O)c2cn(C)c(C)n2)CC1. The maximum absolute atomic E-state index is 12.8. The minimum absolute atomic E-state index is 0.0130. The maximum atomic E-state index is 12.8. The lowest BCUT2D eigenvalue weighted by Crippen LogP contribution is -2.41. The fraction of sp³-hybridized carbons (Fsp3) is 0.522. The summed E-state index contributed by atoms with van der Waals surface area (Å²) < 4.78 is 33.9. The highest BCUT2D eigenvalue weighted by Gasteiger charge is 2.34. The molecule has 1 amide bonds. The Balaban J connectivity index is 1.52. The van der Waals surface area contributed by atoms with Crippen molar-refractivity contribution in [1.82, 2.24) is 13.9 Å². The summed E-state index contributed by atoms with van der Waals surface area (Å²) in [6.45, 7) is 5.81. The Morgan fingerprint density at radius 2 is 1.76 bits per heavy atom. The third-order valence-corrected chi connectivity index (χ3v) is 7.86. The molecule has 1 fully saturated rings. The number of imidazole rings is 1. The lowest BCUT2D eigenvalue weighted by molar-refractivity contribution is -0.152. The first-order chi connectivity index (χ1) is 15.7. The van der Waals surface area contributed by atoms with E-state index >= 15 is 0 Å². The molecule has 0 radical (unpaired) electrons. The van der Waals surface area contributed by atoms with E-state index in [4.69, 9.17) is 4.74 Å². The van der Waals surface area contributed by atoms with Gasteiger partial charge in [0.05, 0.1) is 5.92 Å². The number of carbonyl (C=O) groups is 2. The number of aromatic nitrogens is 2. The van der Waals surface area contributed by atoms with Crippen LogP contribution in [-0.4, -0.2) is 53.8 Å². The highest BCUT2D eigenvalue weighted by Crippen LogP contribution is 2.25. The van der Waals surface area contributed by atoms with Gasteiger partial charge in [0.2, 0.25) is 0 Å². The fourth-order valence-electron chi connectivity index (χ4n) is 3.95. The van der Waals surface area contributed by atoms with Crippen molar-refractivity contribution in [3.05, 3.63) is 41.3 Å². The minimum Gasteiger partial charge on any atom is -0.455 e. The van der Waals surface area contributed by atoms with Gasteiger partial charge in [0.15, 0.2) is 11.6 Å². The number of aryl methyl sites for hydroxylation is 4. The molecule has 9 nitrogen and oxygen atoms in total. The first-order valence-corrected chi connectivity index (χ1v) is 12.7. The Morgan fingerprint density at radius 3 is 2.27 bits per heavy atom. The molecule has 0 aliphatic carbocycles. The second-order valence-electron chi connectivity index (χ2n) is 8.23. The molecular formula is C23H32N4O5S. The summed E-state index contributed by atoms with van der Waals surface area (Å²) in [5.41, 5.74) is 2.85. The van der Waals surface area contributed by atoms with Gasteiger partial charge in [-0.3, -0.25) is 9.59 Å². The number of carbonyl (C=O) groups excluding carboxylic acids is 2. The Hall–Kier alpha value is -2.72. The molecule has 3 rings (SSSR count). The fourth-order valence-corrected chi connectivity index (χ4v) is 5.44. The van der Waals surface area contributed by atoms with Gasteiger partial charge in [-0.05, 0) is 43.7 Å². The highest BCUT2D eigenvalue weighted by atomic mass is 32.2. The topological polar surface area (TPSA) is 111 Å². The summed E-state index contributed by atoms with van der Waals surface area (Å²) in [5.74, 6) is -0.693. The molecule has 0 bridgehead atoms. The highest BCUT2D eigenvalue weighted by molar-refractivity contribution is 7.89. The number of nitrogens with zero attached hydrogens (tertiary/aromatic N) is 3.